The number of hydrogen-bond donors (Lipinski definition) is 1. The summed E-state index contributed by atoms with van der Waals surface area (Å²) in [6, 6.07) is 3.53. The van der Waals surface area contributed by atoms with Gasteiger partial charge in [-0.05, 0) is 6.07 Å². The lowest BCUT2D eigenvalue weighted by Gasteiger charge is -2.32. The molecule has 0 aromatic carbocycles. The Hall–Kier alpha value is -1.78. The van der Waals surface area contributed by atoms with Crippen molar-refractivity contribution in [2.45, 2.75) is 0 Å². The zero-order valence-corrected chi connectivity index (χ0v) is 8.68. The zero-order valence-electron chi connectivity index (χ0n) is 8.68. The van der Waals surface area contributed by atoms with Crippen molar-refractivity contribution in [3.63, 3.8) is 0 Å². The number of pyridine rings is 1. The molecular weight excluding hydrogens is 192 g/mol. The maximum atomic E-state index is 11.5. The van der Waals surface area contributed by atoms with Gasteiger partial charge in [0, 0.05) is 38.1 Å². The molecule has 0 saturated carbocycles. The molecule has 1 aliphatic heterocycles. The SMILES string of the molecule is CN1CCN(c2cc(N)ccn2)CC1=O. The molecule has 0 aliphatic carbocycles. The van der Waals surface area contributed by atoms with Crippen molar-refractivity contribution in [2.75, 3.05) is 37.3 Å². The normalized spacial score (nSPS) is 17.0. The molecule has 0 radical (unpaired) electrons. The Morgan fingerprint density at radius 1 is 1.47 bits per heavy atom. The predicted molar refractivity (Wildman–Crippen MR) is 58.5 cm³/mol. The van der Waals surface area contributed by atoms with Crippen LogP contribution in [0, 0.1) is 0 Å². The van der Waals surface area contributed by atoms with Gasteiger partial charge in [-0.25, -0.2) is 4.98 Å². The maximum absolute atomic E-state index is 11.5. The van der Waals surface area contributed by atoms with E-state index in [0.717, 1.165) is 18.9 Å². The van der Waals surface area contributed by atoms with Crippen LogP contribution in [0.2, 0.25) is 0 Å². The van der Waals surface area contributed by atoms with Gasteiger partial charge in [0.2, 0.25) is 5.91 Å². The third kappa shape index (κ3) is 2.01. The number of rotatable bonds is 1. The zero-order chi connectivity index (χ0) is 10.8. The third-order valence-electron chi connectivity index (χ3n) is 2.55. The smallest absolute Gasteiger partial charge is 0.241 e. The molecule has 15 heavy (non-hydrogen) atoms. The molecule has 0 unspecified atom stereocenters. The van der Waals surface area contributed by atoms with Crippen LogP contribution in [0.1, 0.15) is 0 Å². The predicted octanol–water partition coefficient (Wildman–Crippen LogP) is -0.0578. The molecule has 2 heterocycles. The molecule has 0 bridgehead atoms. The Balaban J connectivity index is 2.15. The third-order valence-corrected chi connectivity index (χ3v) is 2.55. The van der Waals surface area contributed by atoms with Gasteiger partial charge in [-0.2, -0.15) is 0 Å². The van der Waals surface area contributed by atoms with Gasteiger partial charge in [0.25, 0.3) is 0 Å². The standard InChI is InChI=1S/C10H14N4O/c1-13-4-5-14(7-10(13)15)9-6-8(11)2-3-12-9/h2-3,6H,4-5,7H2,1H3,(H2,11,12). The molecule has 5 nitrogen and oxygen atoms in total. The van der Waals surface area contributed by atoms with Crippen molar-refractivity contribution in [3.05, 3.63) is 18.3 Å². The number of nitrogens with zero attached hydrogens (tertiary/aromatic N) is 3. The van der Waals surface area contributed by atoms with E-state index < -0.39 is 0 Å². The minimum atomic E-state index is 0.116. The van der Waals surface area contributed by atoms with Crippen LogP contribution < -0.4 is 10.6 Å². The molecule has 0 atom stereocenters. The van der Waals surface area contributed by atoms with Gasteiger partial charge in [-0.1, -0.05) is 0 Å². The Morgan fingerprint density at radius 2 is 2.27 bits per heavy atom. The van der Waals surface area contributed by atoms with Crippen LogP contribution in [0.5, 0.6) is 0 Å². The number of hydrogen-bond acceptors (Lipinski definition) is 4. The lowest BCUT2D eigenvalue weighted by atomic mass is 10.3. The highest BCUT2D eigenvalue weighted by Gasteiger charge is 2.21. The largest absolute Gasteiger partial charge is 0.399 e. The summed E-state index contributed by atoms with van der Waals surface area (Å²) in [7, 11) is 1.81. The monoisotopic (exact) mass is 206 g/mol. The molecule has 0 spiro atoms. The Bertz CT molecular complexity index is 379. The molecular formula is C10H14N4O. The second-order valence-corrected chi connectivity index (χ2v) is 3.68. The molecule has 1 aliphatic rings. The second-order valence-electron chi connectivity index (χ2n) is 3.68. The summed E-state index contributed by atoms with van der Waals surface area (Å²) in [5.41, 5.74) is 6.34. The molecule has 80 valence electrons. The number of carbonyl (C=O) groups is 1. The quantitative estimate of drug-likeness (QED) is 0.699. The Morgan fingerprint density at radius 3 is 2.93 bits per heavy atom. The summed E-state index contributed by atoms with van der Waals surface area (Å²) < 4.78 is 0. The molecule has 2 rings (SSSR count). The highest BCUT2D eigenvalue weighted by molar-refractivity contribution is 5.82. The summed E-state index contributed by atoms with van der Waals surface area (Å²) in [5, 5.41) is 0. The number of anilines is 2. The fourth-order valence-electron chi connectivity index (χ4n) is 1.56. The molecule has 1 saturated heterocycles. The fourth-order valence-corrected chi connectivity index (χ4v) is 1.56. The van der Waals surface area contributed by atoms with Crippen LogP contribution in [-0.2, 0) is 4.79 Å². The van der Waals surface area contributed by atoms with E-state index in [2.05, 4.69) is 4.98 Å². The first-order valence-electron chi connectivity index (χ1n) is 4.87. The van der Waals surface area contributed by atoms with Gasteiger partial charge in [-0.15, -0.1) is 0 Å². The number of nitrogen functional groups attached to an aromatic ring is 1. The molecule has 2 N–H and O–H groups in total. The van der Waals surface area contributed by atoms with Crippen molar-refractivity contribution in [2.24, 2.45) is 0 Å². The van der Waals surface area contributed by atoms with E-state index in [1.54, 1.807) is 23.2 Å². The first kappa shape index (κ1) is 9.76. The van der Waals surface area contributed by atoms with E-state index in [-0.39, 0.29) is 5.91 Å². The van der Waals surface area contributed by atoms with Crippen molar-refractivity contribution in [1.82, 2.24) is 9.88 Å². The first-order chi connectivity index (χ1) is 7.16. The summed E-state index contributed by atoms with van der Waals surface area (Å²) in [6.07, 6.45) is 1.66. The number of nitrogens with two attached hydrogens (primary N) is 1. The second kappa shape index (κ2) is 3.76. The van der Waals surface area contributed by atoms with E-state index in [1.807, 2.05) is 11.9 Å². The minimum Gasteiger partial charge on any atom is -0.399 e. The summed E-state index contributed by atoms with van der Waals surface area (Å²) in [4.78, 5) is 19.4. The molecule has 1 fully saturated rings. The number of carbonyl (C=O) groups excluding carboxylic acids is 1. The highest BCUT2D eigenvalue weighted by atomic mass is 16.2. The average Bonchev–Trinajstić information content (AvgIpc) is 2.22. The molecule has 1 amide bonds. The van der Waals surface area contributed by atoms with Crippen LogP contribution in [-0.4, -0.2) is 42.5 Å². The van der Waals surface area contributed by atoms with Gasteiger partial charge in [0.1, 0.15) is 5.82 Å². The maximum Gasteiger partial charge on any atom is 0.241 e. The van der Waals surface area contributed by atoms with Gasteiger partial charge in [-0.3, -0.25) is 4.79 Å². The Labute approximate surface area is 88.5 Å². The van der Waals surface area contributed by atoms with Crippen molar-refractivity contribution < 1.29 is 4.79 Å². The lowest BCUT2D eigenvalue weighted by molar-refractivity contribution is -0.129. The van der Waals surface area contributed by atoms with E-state index >= 15 is 0 Å². The topological polar surface area (TPSA) is 62.5 Å². The number of amides is 1. The van der Waals surface area contributed by atoms with E-state index in [0.29, 0.717) is 12.2 Å². The van der Waals surface area contributed by atoms with Gasteiger partial charge in [0.15, 0.2) is 0 Å². The van der Waals surface area contributed by atoms with Crippen LogP contribution in [0.3, 0.4) is 0 Å². The number of likely N-dealkylation sites (N-methyl/N-ethyl adjacent to an activating group) is 1. The molecule has 5 heteroatoms. The van der Waals surface area contributed by atoms with Crippen LogP contribution in [0.15, 0.2) is 18.3 Å². The van der Waals surface area contributed by atoms with Crippen molar-refractivity contribution in [1.29, 1.82) is 0 Å². The average molecular weight is 206 g/mol. The Kier molecular flexibility index (Phi) is 2.45. The summed E-state index contributed by atoms with van der Waals surface area (Å²) >= 11 is 0. The van der Waals surface area contributed by atoms with Crippen LogP contribution in [0.4, 0.5) is 11.5 Å². The van der Waals surface area contributed by atoms with E-state index in [9.17, 15) is 4.79 Å². The number of piperazine rings is 1. The lowest BCUT2D eigenvalue weighted by Crippen LogP contribution is -2.48. The minimum absolute atomic E-state index is 0.116. The fraction of sp³-hybridized carbons (Fsp3) is 0.400. The number of aromatic nitrogens is 1. The van der Waals surface area contributed by atoms with Crippen LogP contribution >= 0.6 is 0 Å². The highest BCUT2D eigenvalue weighted by Crippen LogP contribution is 2.15. The van der Waals surface area contributed by atoms with E-state index in [1.165, 1.54) is 0 Å². The van der Waals surface area contributed by atoms with Gasteiger partial charge < -0.3 is 15.5 Å². The first-order valence-corrected chi connectivity index (χ1v) is 4.87. The van der Waals surface area contributed by atoms with Crippen molar-refractivity contribution in [3.8, 4) is 0 Å². The van der Waals surface area contributed by atoms with Crippen LogP contribution in [0.25, 0.3) is 0 Å². The van der Waals surface area contributed by atoms with Crippen molar-refractivity contribution >= 4 is 17.4 Å². The van der Waals surface area contributed by atoms with E-state index in [4.69, 9.17) is 5.73 Å². The summed E-state index contributed by atoms with van der Waals surface area (Å²) in [6.45, 7) is 1.92. The van der Waals surface area contributed by atoms with Gasteiger partial charge >= 0.3 is 0 Å². The molecule has 1 aromatic heterocycles. The van der Waals surface area contributed by atoms with Gasteiger partial charge in [0.05, 0.1) is 6.54 Å². The molecule has 1 aromatic rings. The summed E-state index contributed by atoms with van der Waals surface area (Å²) in [5.74, 6) is 0.891.